The molecule has 0 amide bonds. The Kier molecular flexibility index (Phi) is 3.35. The lowest BCUT2D eigenvalue weighted by atomic mass is 10.2. The Balaban J connectivity index is 3.32. The zero-order valence-corrected chi connectivity index (χ0v) is 12.3. The van der Waals surface area contributed by atoms with Crippen LogP contribution in [0, 0.1) is 0 Å². The predicted octanol–water partition coefficient (Wildman–Crippen LogP) is 2.83. The number of hydrogen-bond acceptors (Lipinski definition) is 1. The number of carbonyl (C=O) groups is 1. The molecule has 82 valence electrons. The van der Waals surface area contributed by atoms with Crippen molar-refractivity contribution in [2.24, 2.45) is 0 Å². The van der Waals surface area contributed by atoms with Crippen molar-refractivity contribution in [2.75, 3.05) is 0 Å². The fourth-order valence-electron chi connectivity index (χ4n) is 1.57. The molecule has 1 nitrogen and oxygen atoms in total. The molecule has 1 aromatic rings. The van der Waals surface area contributed by atoms with Crippen molar-refractivity contribution in [3.05, 3.63) is 29.8 Å². The molecule has 0 aliphatic heterocycles. The number of rotatable bonds is 3. The van der Waals surface area contributed by atoms with Crippen LogP contribution in [0.25, 0.3) is 0 Å². The molecule has 0 fully saturated rings. The second kappa shape index (κ2) is 4.06. The highest BCUT2D eigenvalue weighted by molar-refractivity contribution is 7.45. The largest absolute Gasteiger partial charge is 0.298 e. The summed E-state index contributed by atoms with van der Waals surface area (Å²) < 4.78 is 0. The van der Waals surface area contributed by atoms with Gasteiger partial charge in [-0.1, -0.05) is 62.2 Å². The molecule has 3 heteroatoms. The molecule has 0 aromatic heterocycles. The maximum atomic E-state index is 11.0. The lowest BCUT2D eigenvalue weighted by Crippen LogP contribution is -2.62. The van der Waals surface area contributed by atoms with Crippen LogP contribution in [0.4, 0.5) is 0 Å². The SMILES string of the molecule is C[Si](C)(C)[Si](C)(C)c1ccccc1C=O. The minimum Gasteiger partial charge on any atom is -0.298 e. The van der Waals surface area contributed by atoms with Crippen molar-refractivity contribution < 1.29 is 4.79 Å². The lowest BCUT2D eigenvalue weighted by molar-refractivity contribution is 0.112. The molecule has 0 saturated carbocycles. The van der Waals surface area contributed by atoms with Crippen molar-refractivity contribution in [1.82, 2.24) is 0 Å². The number of hydrogen-bond donors (Lipinski definition) is 0. The first kappa shape index (κ1) is 12.4. The maximum Gasteiger partial charge on any atom is 0.149 e. The van der Waals surface area contributed by atoms with Crippen LogP contribution < -0.4 is 5.19 Å². The first-order valence-corrected chi connectivity index (χ1v) is 12.9. The Morgan fingerprint density at radius 1 is 1.00 bits per heavy atom. The molecule has 0 spiro atoms. The summed E-state index contributed by atoms with van der Waals surface area (Å²) in [6, 6.07) is 8.09. The number of carbonyl (C=O) groups excluding carboxylic acids is 1. The molecular weight excluding hydrogens is 216 g/mol. The van der Waals surface area contributed by atoms with E-state index in [-0.39, 0.29) is 0 Å². The Hall–Kier alpha value is -0.676. The maximum absolute atomic E-state index is 11.0. The third kappa shape index (κ3) is 2.29. The minimum atomic E-state index is -1.44. The fourth-order valence-corrected chi connectivity index (χ4v) is 6.86. The lowest BCUT2D eigenvalue weighted by Gasteiger charge is -2.36. The van der Waals surface area contributed by atoms with Crippen molar-refractivity contribution in [2.45, 2.75) is 32.7 Å². The molecule has 0 aliphatic rings. The fraction of sp³-hybridized carbons (Fsp3) is 0.417. The normalized spacial score (nSPS) is 12.6. The second-order valence-electron chi connectivity index (χ2n) is 5.58. The van der Waals surface area contributed by atoms with Gasteiger partial charge in [-0.2, -0.15) is 0 Å². The molecule has 15 heavy (non-hydrogen) atoms. The third-order valence-corrected chi connectivity index (χ3v) is 21.2. The Bertz CT molecular complexity index is 364. The predicted molar refractivity (Wildman–Crippen MR) is 72.3 cm³/mol. The molecule has 1 rings (SSSR count). The summed E-state index contributed by atoms with van der Waals surface area (Å²) in [4.78, 5) is 11.0. The zero-order valence-electron chi connectivity index (χ0n) is 10.3. The van der Waals surface area contributed by atoms with E-state index >= 15 is 0 Å². The third-order valence-electron chi connectivity index (χ3n) is 3.64. The van der Waals surface area contributed by atoms with Crippen LogP contribution in [-0.4, -0.2) is 21.5 Å². The van der Waals surface area contributed by atoms with E-state index in [9.17, 15) is 4.79 Å². The van der Waals surface area contributed by atoms with Gasteiger partial charge in [-0.15, -0.1) is 0 Å². The Labute approximate surface area is 94.3 Å². The van der Waals surface area contributed by atoms with Crippen LogP contribution in [0.1, 0.15) is 10.4 Å². The minimum absolute atomic E-state index is 0.900. The van der Waals surface area contributed by atoms with Gasteiger partial charge in [0.25, 0.3) is 0 Å². The van der Waals surface area contributed by atoms with Crippen molar-refractivity contribution >= 4 is 26.7 Å². The highest BCUT2D eigenvalue weighted by Gasteiger charge is 2.39. The van der Waals surface area contributed by atoms with E-state index in [4.69, 9.17) is 0 Å². The van der Waals surface area contributed by atoms with Gasteiger partial charge < -0.3 is 0 Å². The smallest absolute Gasteiger partial charge is 0.149 e. The molecule has 0 aliphatic carbocycles. The average molecular weight is 236 g/mol. The summed E-state index contributed by atoms with van der Waals surface area (Å²) in [5.74, 6) is 0. The van der Waals surface area contributed by atoms with Crippen LogP contribution in [-0.2, 0) is 0 Å². The van der Waals surface area contributed by atoms with Gasteiger partial charge in [-0.25, -0.2) is 0 Å². The van der Waals surface area contributed by atoms with Gasteiger partial charge in [-0.3, -0.25) is 4.79 Å². The van der Waals surface area contributed by atoms with E-state index in [0.29, 0.717) is 0 Å². The van der Waals surface area contributed by atoms with Crippen LogP contribution >= 0.6 is 0 Å². The Morgan fingerprint density at radius 2 is 1.53 bits per heavy atom. The molecule has 0 atom stereocenters. The highest BCUT2D eigenvalue weighted by atomic mass is 29.3. The van der Waals surface area contributed by atoms with E-state index in [1.807, 2.05) is 12.1 Å². The van der Waals surface area contributed by atoms with Gasteiger partial charge in [-0.05, 0) is 0 Å². The summed E-state index contributed by atoms with van der Waals surface area (Å²) in [5.41, 5.74) is 0.900. The van der Waals surface area contributed by atoms with Gasteiger partial charge >= 0.3 is 0 Å². The number of benzene rings is 1. The molecule has 0 unspecified atom stereocenters. The van der Waals surface area contributed by atoms with Crippen LogP contribution in [0.5, 0.6) is 0 Å². The average Bonchev–Trinajstić information content (AvgIpc) is 2.16. The van der Waals surface area contributed by atoms with E-state index < -0.39 is 15.2 Å². The molecule has 0 radical (unpaired) electrons. The van der Waals surface area contributed by atoms with Crippen LogP contribution in [0.2, 0.25) is 32.7 Å². The number of aldehydes is 1. The van der Waals surface area contributed by atoms with Gasteiger partial charge in [0.15, 0.2) is 0 Å². The summed E-state index contributed by atoms with van der Waals surface area (Å²) in [7, 11) is -2.63. The van der Waals surface area contributed by atoms with E-state index in [1.165, 1.54) is 5.19 Å². The molecule has 0 heterocycles. The van der Waals surface area contributed by atoms with Gasteiger partial charge in [0, 0.05) is 13.2 Å². The molecule has 1 aromatic carbocycles. The molecule has 0 bridgehead atoms. The standard InChI is InChI=1S/C12H20OSi2/c1-14(2,3)15(4,5)12-9-7-6-8-11(12)10-13/h6-10H,1-5H3. The topological polar surface area (TPSA) is 17.1 Å². The van der Waals surface area contributed by atoms with Gasteiger partial charge in [0.05, 0.1) is 7.59 Å². The van der Waals surface area contributed by atoms with Crippen LogP contribution in [0.3, 0.4) is 0 Å². The zero-order chi connectivity index (χ0) is 11.7. The quantitative estimate of drug-likeness (QED) is 0.583. The van der Waals surface area contributed by atoms with Crippen molar-refractivity contribution in [3.63, 3.8) is 0 Å². The summed E-state index contributed by atoms with van der Waals surface area (Å²) in [5, 5.41) is 1.33. The monoisotopic (exact) mass is 236 g/mol. The molecule has 0 saturated heterocycles. The molecular formula is C12H20OSi2. The highest BCUT2D eigenvalue weighted by Crippen LogP contribution is 2.19. The molecule has 0 N–H and O–H groups in total. The first-order valence-electron chi connectivity index (χ1n) is 5.35. The summed E-state index contributed by atoms with van der Waals surface area (Å²) in [6.45, 7) is 12.0. The van der Waals surface area contributed by atoms with E-state index in [0.717, 1.165) is 11.8 Å². The van der Waals surface area contributed by atoms with Crippen molar-refractivity contribution in [1.29, 1.82) is 0 Å². The van der Waals surface area contributed by atoms with E-state index in [1.54, 1.807) is 0 Å². The van der Waals surface area contributed by atoms with Crippen molar-refractivity contribution in [3.8, 4) is 0 Å². The van der Waals surface area contributed by atoms with E-state index in [2.05, 4.69) is 44.9 Å². The first-order chi connectivity index (χ1) is 6.80. The van der Waals surface area contributed by atoms with Gasteiger partial charge in [0.2, 0.25) is 0 Å². The Morgan fingerprint density at radius 3 is 2.00 bits per heavy atom. The van der Waals surface area contributed by atoms with Gasteiger partial charge in [0.1, 0.15) is 6.29 Å². The summed E-state index contributed by atoms with van der Waals surface area (Å²) >= 11 is 0. The van der Waals surface area contributed by atoms with Crippen LogP contribution in [0.15, 0.2) is 24.3 Å². The second-order valence-corrected chi connectivity index (χ2v) is 22.1. The summed E-state index contributed by atoms with van der Waals surface area (Å²) in [6.07, 6.45) is 1.00.